The summed E-state index contributed by atoms with van der Waals surface area (Å²) in [6.45, 7) is 2.21. The van der Waals surface area contributed by atoms with Gasteiger partial charge in [0.05, 0.1) is 19.6 Å². The summed E-state index contributed by atoms with van der Waals surface area (Å²) in [6.07, 6.45) is -1.33. The summed E-state index contributed by atoms with van der Waals surface area (Å²) in [7, 11) is 2.17. The zero-order valence-electron chi connectivity index (χ0n) is 36.5. The second kappa shape index (κ2) is 26.7. The maximum absolute atomic E-state index is 14.4. The quantitative estimate of drug-likeness (QED) is 0.0694. The van der Waals surface area contributed by atoms with Gasteiger partial charge in [0.25, 0.3) is 0 Å². The molecule has 0 aliphatic carbocycles. The lowest BCUT2D eigenvalue weighted by molar-refractivity contribution is -0.142. The van der Waals surface area contributed by atoms with Crippen LogP contribution in [-0.4, -0.2) is 154 Å². The topological polar surface area (TPSA) is 394 Å². The highest BCUT2D eigenvalue weighted by Crippen LogP contribution is 2.26. The Balaban J connectivity index is 1.98. The van der Waals surface area contributed by atoms with E-state index in [4.69, 9.17) is 17.2 Å². The molecular weight excluding hydrogens is 907 g/mol. The van der Waals surface area contributed by atoms with E-state index in [1.807, 2.05) is 13.8 Å². The molecule has 1 aromatic rings. The van der Waals surface area contributed by atoms with E-state index >= 15 is 0 Å². The molecule has 2 heterocycles. The van der Waals surface area contributed by atoms with Gasteiger partial charge in [0.15, 0.2) is 0 Å². The number of hydrogen-bond donors (Lipinski definition) is 12. The molecule has 26 heteroatoms. The Morgan fingerprint density at radius 3 is 2.05 bits per heavy atom. The van der Waals surface area contributed by atoms with Crippen LogP contribution in [0, 0.1) is 5.92 Å². The van der Waals surface area contributed by atoms with Crippen molar-refractivity contribution in [3.63, 3.8) is 0 Å². The van der Waals surface area contributed by atoms with Gasteiger partial charge >= 0.3 is 0 Å². The molecule has 0 radical (unpaired) electrons. The normalized spacial score (nSPS) is 23.2. The summed E-state index contributed by atoms with van der Waals surface area (Å²) in [5.41, 5.74) is 16.4. The minimum atomic E-state index is -1.77. The number of carbonyl (C=O) groups is 11. The number of phenols is 1. The maximum atomic E-state index is 14.4. The Bertz CT molecular complexity index is 1960. The highest BCUT2D eigenvalue weighted by atomic mass is 33.1. The van der Waals surface area contributed by atoms with Crippen LogP contribution in [0.4, 0.5) is 0 Å². The van der Waals surface area contributed by atoms with Crippen LogP contribution in [0.1, 0.15) is 64.4 Å². The average molecular weight is 966 g/mol. The van der Waals surface area contributed by atoms with Crippen LogP contribution < -0.4 is 54.4 Å². The molecule has 2 saturated heterocycles. The molecule has 11 amide bonds. The lowest BCUT2D eigenvalue weighted by Crippen LogP contribution is -2.61. The number of nitrogens with zero attached hydrogens (tertiary/aromatic N) is 1. The van der Waals surface area contributed by atoms with Gasteiger partial charge in [0.1, 0.15) is 48.0 Å². The molecule has 0 bridgehead atoms. The van der Waals surface area contributed by atoms with Crippen LogP contribution in [0.3, 0.4) is 0 Å². The van der Waals surface area contributed by atoms with Crippen molar-refractivity contribution in [2.24, 2.45) is 23.1 Å². The molecular formula is C40H59N11O13S2. The average Bonchev–Trinajstić information content (AvgIpc) is 3.75. The van der Waals surface area contributed by atoms with Gasteiger partial charge in [-0.15, -0.1) is 0 Å². The van der Waals surface area contributed by atoms with Crippen LogP contribution in [0.15, 0.2) is 24.3 Å². The summed E-state index contributed by atoms with van der Waals surface area (Å²) in [6, 6.07) is -4.37. The van der Waals surface area contributed by atoms with E-state index in [1.165, 1.54) is 29.2 Å². The number of carbonyl (C=O) groups excluding carboxylic acids is 11. The minimum absolute atomic E-state index is 0.0560. The number of likely N-dealkylation sites (tertiary alicyclic amines) is 1. The first-order valence-electron chi connectivity index (χ1n) is 21.1. The molecule has 1 aromatic carbocycles. The first-order chi connectivity index (χ1) is 31.2. The summed E-state index contributed by atoms with van der Waals surface area (Å²) >= 11 is 0. The number of aliphatic hydroxyl groups is 1. The van der Waals surface area contributed by atoms with E-state index in [1.54, 1.807) is 0 Å². The molecule has 364 valence electrons. The van der Waals surface area contributed by atoms with E-state index in [2.05, 4.69) is 37.2 Å². The number of amides is 11. The number of nitrogens with two attached hydrogens (primary N) is 3. The fraction of sp³-hybridized carbons (Fsp3) is 0.575. The smallest absolute Gasteiger partial charge is 0.246 e. The second-order valence-electron chi connectivity index (χ2n) is 16.0. The Labute approximate surface area is 387 Å². The third kappa shape index (κ3) is 18.0. The number of rotatable bonds is 16. The Kier molecular flexibility index (Phi) is 21.9. The first-order valence-corrected chi connectivity index (χ1v) is 23.5. The van der Waals surface area contributed by atoms with E-state index < -0.39 is 140 Å². The number of primary amides is 3. The van der Waals surface area contributed by atoms with E-state index in [0.717, 1.165) is 21.6 Å². The molecule has 66 heavy (non-hydrogen) atoms. The number of aromatic hydroxyl groups is 1. The van der Waals surface area contributed by atoms with Crippen LogP contribution in [0.5, 0.6) is 5.75 Å². The zero-order chi connectivity index (χ0) is 49.1. The van der Waals surface area contributed by atoms with Crippen LogP contribution in [0.25, 0.3) is 0 Å². The van der Waals surface area contributed by atoms with Gasteiger partial charge in [-0.2, -0.15) is 0 Å². The van der Waals surface area contributed by atoms with Gasteiger partial charge in [0, 0.05) is 37.3 Å². The van der Waals surface area contributed by atoms with Gasteiger partial charge in [-0.05, 0) is 49.3 Å². The van der Waals surface area contributed by atoms with Gasteiger partial charge in [-0.3, -0.25) is 52.7 Å². The monoisotopic (exact) mass is 965 g/mol. The highest BCUT2D eigenvalue weighted by Gasteiger charge is 2.40. The summed E-state index contributed by atoms with van der Waals surface area (Å²) in [4.78, 5) is 146. The molecule has 0 unspecified atom stereocenters. The Morgan fingerprint density at radius 1 is 0.803 bits per heavy atom. The third-order valence-electron chi connectivity index (χ3n) is 10.2. The Morgan fingerprint density at radius 2 is 1.42 bits per heavy atom. The lowest BCUT2D eigenvalue weighted by atomic mass is 10.0. The van der Waals surface area contributed by atoms with Crippen molar-refractivity contribution in [2.45, 2.75) is 108 Å². The number of hydrogen-bond acceptors (Lipinski definition) is 15. The maximum Gasteiger partial charge on any atom is 0.246 e. The van der Waals surface area contributed by atoms with Gasteiger partial charge < -0.3 is 69.5 Å². The van der Waals surface area contributed by atoms with Crippen molar-refractivity contribution < 1.29 is 63.0 Å². The van der Waals surface area contributed by atoms with Crippen molar-refractivity contribution >= 4 is 86.6 Å². The predicted octanol–water partition coefficient (Wildman–Crippen LogP) is -4.60. The number of phenolic OH excluding ortho intramolecular Hbond substituents is 1. The second-order valence-corrected chi connectivity index (χ2v) is 18.6. The molecule has 7 atom stereocenters. The van der Waals surface area contributed by atoms with Crippen molar-refractivity contribution in [1.29, 1.82) is 0 Å². The number of benzene rings is 1. The van der Waals surface area contributed by atoms with Crippen molar-refractivity contribution in [1.82, 2.24) is 42.1 Å². The van der Waals surface area contributed by atoms with E-state index in [9.17, 15) is 63.0 Å². The molecule has 2 fully saturated rings. The minimum Gasteiger partial charge on any atom is -0.508 e. The fourth-order valence-electron chi connectivity index (χ4n) is 6.85. The van der Waals surface area contributed by atoms with Crippen LogP contribution in [-0.2, 0) is 59.2 Å². The van der Waals surface area contributed by atoms with E-state index in [0.29, 0.717) is 12.0 Å². The largest absolute Gasteiger partial charge is 0.508 e. The number of aliphatic hydroxyl groups excluding tert-OH is 1. The van der Waals surface area contributed by atoms with Gasteiger partial charge in [0.2, 0.25) is 65.0 Å². The standard InChI is InChI=1S/C40H59N11O13S2/c1-20(2)14-24(34(58)44-17-32(43)56)48-39(63)29-4-3-12-51(29)40(64)28-19-66-65-13-11-33(57)45-25(15-21-5-7-22(53)8-6-21)36(60)49-27(18-52)38(62)46-23(9-10-30(41)54)35(59)47-26(16-31(42)55)37(61)50-28/h5-8,20,23-29,52-53H,3-4,9-19H2,1-2H3,(H2,41,54)(H2,42,55)(H2,43,56)(H,44,58)(H,45,57)(H,46,62)(H,47,59)(H,48,63)(H,49,60)(H,50,61)/t23-,24-,25-,26-,27-,28-,29-/m0/s1. The van der Waals surface area contributed by atoms with Gasteiger partial charge in [-0.25, -0.2) is 0 Å². The van der Waals surface area contributed by atoms with Crippen LogP contribution in [0.2, 0.25) is 0 Å². The molecule has 3 rings (SSSR count). The Hall–Kier alpha value is -6.15. The first kappa shape index (κ1) is 54.2. The number of nitrogens with one attached hydrogen (secondary N) is 7. The summed E-state index contributed by atoms with van der Waals surface area (Å²) in [5.74, 6) is -9.91. The van der Waals surface area contributed by atoms with Crippen LogP contribution >= 0.6 is 21.6 Å². The molecule has 24 nitrogen and oxygen atoms in total. The molecule has 15 N–H and O–H groups in total. The lowest BCUT2D eigenvalue weighted by Gasteiger charge is -2.31. The van der Waals surface area contributed by atoms with E-state index in [-0.39, 0.29) is 55.4 Å². The van der Waals surface area contributed by atoms with Crippen molar-refractivity contribution in [2.75, 3.05) is 31.2 Å². The SMILES string of the molecule is CC(C)C[C@H](NC(=O)[C@@H]1CCCN1C(=O)[C@@H]1CSSCCC(=O)N[C@@H](Cc2ccc(O)cc2)C(=O)N[C@@H](CO)C(=O)N[C@@H](CCC(N)=O)C(=O)N[C@@H](CC(N)=O)C(=O)N1)C(=O)NCC(N)=O. The fourth-order valence-corrected chi connectivity index (χ4v) is 8.99. The highest BCUT2D eigenvalue weighted by molar-refractivity contribution is 8.76. The molecule has 2 aliphatic rings. The van der Waals surface area contributed by atoms with Crippen molar-refractivity contribution in [3.05, 3.63) is 29.8 Å². The predicted molar refractivity (Wildman–Crippen MR) is 239 cm³/mol. The van der Waals surface area contributed by atoms with Gasteiger partial charge in [-0.1, -0.05) is 47.6 Å². The summed E-state index contributed by atoms with van der Waals surface area (Å²) in [5, 5.41) is 37.1. The van der Waals surface area contributed by atoms with Crippen molar-refractivity contribution in [3.8, 4) is 5.75 Å². The molecule has 0 saturated carbocycles. The molecule has 2 aliphatic heterocycles. The zero-order valence-corrected chi connectivity index (χ0v) is 38.1. The molecule has 0 spiro atoms. The third-order valence-corrected chi connectivity index (χ3v) is 12.6. The molecule has 0 aromatic heterocycles. The summed E-state index contributed by atoms with van der Waals surface area (Å²) < 4.78 is 0.